The van der Waals surface area contributed by atoms with Gasteiger partial charge in [0.05, 0.1) is 23.5 Å². The standard InChI is InChI=1S/C18H18Cl2N2O3/c1-12(23)22(16-6-4-3-5-14(16)20)10-9-18(24)21-15-11-13(19)7-8-17(15)25-2/h3-8,11H,9-10H2,1-2H3,(H,21,24). The minimum Gasteiger partial charge on any atom is -0.495 e. The lowest BCUT2D eigenvalue weighted by Gasteiger charge is -2.22. The van der Waals surface area contributed by atoms with Gasteiger partial charge in [-0.15, -0.1) is 0 Å². The van der Waals surface area contributed by atoms with E-state index in [1.807, 2.05) is 0 Å². The van der Waals surface area contributed by atoms with Gasteiger partial charge in [-0.05, 0) is 30.3 Å². The SMILES string of the molecule is COc1ccc(Cl)cc1NC(=O)CCN(C(C)=O)c1ccccc1Cl. The van der Waals surface area contributed by atoms with Gasteiger partial charge in [0, 0.05) is 24.9 Å². The lowest BCUT2D eigenvalue weighted by Crippen LogP contribution is -2.32. The number of carbonyl (C=O) groups is 2. The van der Waals surface area contributed by atoms with Crippen LogP contribution in [0.3, 0.4) is 0 Å². The highest BCUT2D eigenvalue weighted by Gasteiger charge is 2.16. The van der Waals surface area contributed by atoms with Crippen molar-refractivity contribution >= 4 is 46.4 Å². The average molecular weight is 381 g/mol. The van der Waals surface area contributed by atoms with Gasteiger partial charge in [-0.3, -0.25) is 9.59 Å². The van der Waals surface area contributed by atoms with Crippen LogP contribution >= 0.6 is 23.2 Å². The Balaban J connectivity index is 2.06. The van der Waals surface area contributed by atoms with Crippen LogP contribution in [0.15, 0.2) is 42.5 Å². The zero-order chi connectivity index (χ0) is 18.4. The highest BCUT2D eigenvalue weighted by molar-refractivity contribution is 6.33. The van der Waals surface area contributed by atoms with Gasteiger partial charge >= 0.3 is 0 Å². The zero-order valence-corrected chi connectivity index (χ0v) is 15.4. The fourth-order valence-corrected chi connectivity index (χ4v) is 2.73. The molecule has 2 amide bonds. The Bertz CT molecular complexity index is 781. The number of nitrogens with one attached hydrogen (secondary N) is 1. The molecule has 0 bridgehead atoms. The molecule has 0 spiro atoms. The number of anilines is 2. The number of benzene rings is 2. The van der Waals surface area contributed by atoms with Crippen molar-refractivity contribution in [3.8, 4) is 5.75 Å². The number of para-hydroxylation sites is 1. The number of hydrogen-bond donors (Lipinski definition) is 1. The van der Waals surface area contributed by atoms with Crippen molar-refractivity contribution in [2.45, 2.75) is 13.3 Å². The van der Waals surface area contributed by atoms with Crippen molar-refractivity contribution in [1.82, 2.24) is 0 Å². The maximum Gasteiger partial charge on any atom is 0.226 e. The van der Waals surface area contributed by atoms with Gasteiger partial charge in [-0.25, -0.2) is 0 Å². The molecule has 2 rings (SSSR count). The van der Waals surface area contributed by atoms with Crippen LogP contribution in [0.5, 0.6) is 5.75 Å². The van der Waals surface area contributed by atoms with E-state index < -0.39 is 0 Å². The third kappa shape index (κ3) is 5.11. The Morgan fingerprint density at radius 1 is 1.16 bits per heavy atom. The average Bonchev–Trinajstić information content (AvgIpc) is 2.56. The lowest BCUT2D eigenvalue weighted by molar-refractivity contribution is -0.117. The molecule has 1 N–H and O–H groups in total. The van der Waals surface area contributed by atoms with E-state index in [-0.39, 0.29) is 24.8 Å². The molecular formula is C18H18Cl2N2O3. The van der Waals surface area contributed by atoms with Gasteiger partial charge in [0.2, 0.25) is 11.8 Å². The van der Waals surface area contributed by atoms with E-state index in [2.05, 4.69) is 5.32 Å². The molecule has 2 aromatic rings. The first-order valence-electron chi connectivity index (χ1n) is 7.58. The molecule has 0 saturated carbocycles. The van der Waals surface area contributed by atoms with Crippen molar-refractivity contribution in [2.75, 3.05) is 23.9 Å². The number of nitrogens with zero attached hydrogens (tertiary/aromatic N) is 1. The highest BCUT2D eigenvalue weighted by Crippen LogP contribution is 2.28. The van der Waals surface area contributed by atoms with E-state index in [9.17, 15) is 9.59 Å². The van der Waals surface area contributed by atoms with Crippen LogP contribution in [0, 0.1) is 0 Å². The van der Waals surface area contributed by atoms with Gasteiger partial charge in [-0.2, -0.15) is 0 Å². The van der Waals surface area contributed by atoms with Crippen LogP contribution < -0.4 is 15.0 Å². The van der Waals surface area contributed by atoms with Gasteiger partial charge in [0.25, 0.3) is 0 Å². The second-order valence-corrected chi connectivity index (χ2v) is 6.11. The molecule has 0 fully saturated rings. The van der Waals surface area contributed by atoms with E-state index in [1.165, 1.54) is 18.9 Å². The van der Waals surface area contributed by atoms with E-state index in [0.29, 0.717) is 27.2 Å². The van der Waals surface area contributed by atoms with Crippen molar-refractivity contribution in [3.63, 3.8) is 0 Å². The number of ether oxygens (including phenoxy) is 1. The molecule has 25 heavy (non-hydrogen) atoms. The van der Waals surface area contributed by atoms with Gasteiger partial charge in [0.1, 0.15) is 5.75 Å². The summed E-state index contributed by atoms with van der Waals surface area (Å²) in [5, 5.41) is 3.68. The van der Waals surface area contributed by atoms with Crippen molar-refractivity contribution in [2.24, 2.45) is 0 Å². The summed E-state index contributed by atoms with van der Waals surface area (Å²) in [6.45, 7) is 1.63. The fraction of sp³-hybridized carbons (Fsp3) is 0.222. The number of amides is 2. The predicted molar refractivity (Wildman–Crippen MR) is 101 cm³/mol. The van der Waals surface area contributed by atoms with Crippen LogP contribution in [-0.4, -0.2) is 25.5 Å². The molecular weight excluding hydrogens is 363 g/mol. The summed E-state index contributed by atoms with van der Waals surface area (Å²) in [7, 11) is 1.51. The minimum atomic E-state index is -0.265. The van der Waals surface area contributed by atoms with E-state index in [1.54, 1.807) is 42.5 Å². The molecule has 0 aromatic heterocycles. The Hall–Kier alpha value is -2.24. The van der Waals surface area contributed by atoms with Crippen LogP contribution in [0.25, 0.3) is 0 Å². The van der Waals surface area contributed by atoms with Crippen molar-refractivity contribution in [3.05, 3.63) is 52.5 Å². The van der Waals surface area contributed by atoms with Crippen molar-refractivity contribution < 1.29 is 14.3 Å². The monoisotopic (exact) mass is 380 g/mol. The van der Waals surface area contributed by atoms with E-state index >= 15 is 0 Å². The summed E-state index contributed by atoms with van der Waals surface area (Å²) >= 11 is 12.1. The topological polar surface area (TPSA) is 58.6 Å². The second kappa shape index (κ2) is 8.74. The Morgan fingerprint density at radius 2 is 1.88 bits per heavy atom. The molecule has 132 valence electrons. The summed E-state index contributed by atoms with van der Waals surface area (Å²) < 4.78 is 5.19. The molecule has 2 aromatic carbocycles. The van der Waals surface area contributed by atoms with Crippen LogP contribution in [0.4, 0.5) is 11.4 Å². The van der Waals surface area contributed by atoms with Gasteiger partial charge in [-0.1, -0.05) is 35.3 Å². The molecule has 0 aliphatic heterocycles. The number of carbonyl (C=O) groups excluding carboxylic acids is 2. The normalized spacial score (nSPS) is 10.2. The molecule has 0 aliphatic rings. The number of methoxy groups -OCH3 is 1. The number of halogens is 2. The van der Waals surface area contributed by atoms with Crippen LogP contribution in [-0.2, 0) is 9.59 Å². The minimum absolute atomic E-state index is 0.0977. The van der Waals surface area contributed by atoms with Crippen LogP contribution in [0.2, 0.25) is 10.0 Å². The smallest absolute Gasteiger partial charge is 0.226 e. The van der Waals surface area contributed by atoms with Crippen LogP contribution in [0.1, 0.15) is 13.3 Å². The summed E-state index contributed by atoms with van der Waals surface area (Å²) in [6.07, 6.45) is 0.0977. The fourth-order valence-electron chi connectivity index (χ4n) is 2.32. The summed E-state index contributed by atoms with van der Waals surface area (Å²) in [5.41, 5.74) is 1.05. The molecule has 0 heterocycles. The Labute approximate surface area is 156 Å². The maximum absolute atomic E-state index is 12.3. The quantitative estimate of drug-likeness (QED) is 0.808. The van der Waals surface area contributed by atoms with E-state index in [0.717, 1.165) is 0 Å². The first-order chi connectivity index (χ1) is 11.9. The van der Waals surface area contributed by atoms with Crippen molar-refractivity contribution in [1.29, 1.82) is 0 Å². The molecule has 0 radical (unpaired) electrons. The maximum atomic E-state index is 12.3. The molecule has 0 unspecified atom stereocenters. The van der Waals surface area contributed by atoms with E-state index in [4.69, 9.17) is 27.9 Å². The van der Waals surface area contributed by atoms with Gasteiger partial charge < -0.3 is 15.0 Å². The Morgan fingerprint density at radius 3 is 2.52 bits per heavy atom. The predicted octanol–water partition coefficient (Wildman–Crippen LogP) is 4.38. The second-order valence-electron chi connectivity index (χ2n) is 5.26. The Kier molecular flexibility index (Phi) is 6.67. The molecule has 0 atom stereocenters. The number of rotatable bonds is 6. The van der Waals surface area contributed by atoms with Gasteiger partial charge in [0.15, 0.2) is 0 Å². The lowest BCUT2D eigenvalue weighted by atomic mass is 10.2. The largest absolute Gasteiger partial charge is 0.495 e. The zero-order valence-electron chi connectivity index (χ0n) is 13.9. The first-order valence-corrected chi connectivity index (χ1v) is 8.34. The summed E-state index contributed by atoms with van der Waals surface area (Å²) in [4.78, 5) is 25.6. The summed E-state index contributed by atoms with van der Waals surface area (Å²) in [6, 6.07) is 11.9. The molecule has 0 saturated heterocycles. The first kappa shape index (κ1) is 19.1. The third-order valence-electron chi connectivity index (χ3n) is 3.52. The third-order valence-corrected chi connectivity index (χ3v) is 4.08. The molecule has 5 nitrogen and oxygen atoms in total. The number of hydrogen-bond acceptors (Lipinski definition) is 3. The summed E-state index contributed by atoms with van der Waals surface area (Å²) in [5.74, 6) is 0.0485. The highest BCUT2D eigenvalue weighted by atomic mass is 35.5. The molecule has 7 heteroatoms. The molecule has 0 aliphatic carbocycles.